The topological polar surface area (TPSA) is 79.8 Å². The summed E-state index contributed by atoms with van der Waals surface area (Å²) in [6.07, 6.45) is 0. The zero-order chi connectivity index (χ0) is 20.4. The van der Waals surface area contributed by atoms with Crippen LogP contribution < -0.4 is 10.9 Å². The summed E-state index contributed by atoms with van der Waals surface area (Å²) in [5.74, 6) is 0.363. The van der Waals surface area contributed by atoms with Gasteiger partial charge in [0.2, 0.25) is 5.91 Å². The van der Waals surface area contributed by atoms with Crippen LogP contribution in [-0.2, 0) is 11.3 Å². The number of anilines is 1. The number of para-hydroxylation sites is 1. The van der Waals surface area contributed by atoms with Crippen LogP contribution in [0.3, 0.4) is 0 Å². The second-order valence-corrected chi connectivity index (χ2v) is 8.46. The minimum Gasteiger partial charge on any atom is -0.353 e. The van der Waals surface area contributed by atoms with Gasteiger partial charge in [-0.25, -0.2) is 4.98 Å². The van der Waals surface area contributed by atoms with Gasteiger partial charge in [0.05, 0.1) is 11.3 Å². The highest BCUT2D eigenvalue weighted by Gasteiger charge is 2.16. The van der Waals surface area contributed by atoms with Gasteiger partial charge in [-0.3, -0.25) is 14.2 Å². The molecule has 6 nitrogen and oxygen atoms in total. The van der Waals surface area contributed by atoms with Crippen molar-refractivity contribution in [2.24, 2.45) is 5.92 Å². The molecule has 0 bridgehead atoms. The molecule has 1 aromatic carbocycles. The maximum Gasteiger partial charge on any atom is 0.278 e. The molecule has 2 N–H and O–H groups in total. The molecule has 28 heavy (non-hydrogen) atoms. The average molecular weight is 399 g/mol. The van der Waals surface area contributed by atoms with E-state index in [2.05, 4.69) is 29.1 Å². The minimum atomic E-state index is -0.113. The van der Waals surface area contributed by atoms with E-state index in [0.717, 1.165) is 22.5 Å². The number of aromatic nitrogens is 3. The van der Waals surface area contributed by atoms with Crippen LogP contribution in [-0.4, -0.2) is 26.2 Å². The number of carbonyl (C=O) groups excluding carboxylic acids is 1. The highest BCUT2D eigenvalue weighted by atomic mass is 32.2. The summed E-state index contributed by atoms with van der Waals surface area (Å²) in [5.41, 5.74) is 4.85. The second-order valence-electron chi connectivity index (χ2n) is 7.52. The molecule has 0 radical (unpaired) electrons. The fourth-order valence-electron chi connectivity index (χ4n) is 3.16. The van der Waals surface area contributed by atoms with Crippen LogP contribution in [0, 0.1) is 26.7 Å². The van der Waals surface area contributed by atoms with Crippen LogP contribution in [0.25, 0.3) is 11.0 Å². The Morgan fingerprint density at radius 2 is 1.93 bits per heavy atom. The number of nitrogens with zero attached hydrogens (tertiary/aromatic N) is 2. The van der Waals surface area contributed by atoms with Crippen LogP contribution in [0.2, 0.25) is 0 Å². The van der Waals surface area contributed by atoms with E-state index in [1.54, 1.807) is 4.57 Å². The van der Waals surface area contributed by atoms with Gasteiger partial charge in [0.25, 0.3) is 5.56 Å². The second kappa shape index (κ2) is 8.22. The van der Waals surface area contributed by atoms with Crippen LogP contribution in [0.5, 0.6) is 0 Å². The van der Waals surface area contributed by atoms with Crippen molar-refractivity contribution in [3.8, 4) is 0 Å². The molecule has 0 unspecified atom stereocenters. The summed E-state index contributed by atoms with van der Waals surface area (Å²) in [4.78, 5) is 33.2. The number of carbonyl (C=O) groups is 1. The van der Waals surface area contributed by atoms with Gasteiger partial charge in [-0.15, -0.1) is 0 Å². The van der Waals surface area contributed by atoms with Crippen LogP contribution in [0.15, 0.2) is 34.2 Å². The summed E-state index contributed by atoms with van der Waals surface area (Å²) in [7, 11) is 0. The smallest absolute Gasteiger partial charge is 0.278 e. The summed E-state index contributed by atoms with van der Waals surface area (Å²) in [6, 6.07) is 7.77. The third kappa shape index (κ3) is 4.30. The molecule has 148 valence electrons. The molecule has 0 spiro atoms. The summed E-state index contributed by atoms with van der Waals surface area (Å²) in [5, 5.41) is 3.55. The number of nitrogens with one attached hydrogen (secondary N) is 2. The van der Waals surface area contributed by atoms with E-state index >= 15 is 0 Å². The maximum atomic E-state index is 12.9. The number of thioether (sulfide) groups is 1. The first-order valence-electron chi connectivity index (χ1n) is 9.35. The predicted octanol–water partition coefficient (Wildman–Crippen LogP) is 4.04. The Hall–Kier alpha value is -2.54. The lowest BCUT2D eigenvalue weighted by atomic mass is 10.1. The molecule has 0 fully saturated rings. The monoisotopic (exact) mass is 398 g/mol. The highest BCUT2D eigenvalue weighted by Crippen LogP contribution is 2.22. The molecule has 0 atom stereocenters. The molecule has 2 aromatic heterocycles. The van der Waals surface area contributed by atoms with Gasteiger partial charge in [-0.2, -0.15) is 0 Å². The number of hydrogen-bond acceptors (Lipinski definition) is 4. The maximum absolute atomic E-state index is 12.9. The summed E-state index contributed by atoms with van der Waals surface area (Å²) in [6.45, 7) is 10.5. The van der Waals surface area contributed by atoms with Crippen molar-refractivity contribution in [2.75, 3.05) is 11.1 Å². The van der Waals surface area contributed by atoms with Crippen molar-refractivity contribution >= 4 is 34.4 Å². The van der Waals surface area contributed by atoms with E-state index in [1.807, 2.05) is 45.0 Å². The van der Waals surface area contributed by atoms with E-state index in [9.17, 15) is 9.59 Å². The Balaban J connectivity index is 1.85. The number of H-pyrrole nitrogens is 1. The van der Waals surface area contributed by atoms with Crippen LogP contribution in [0.1, 0.15) is 30.7 Å². The molecule has 0 aliphatic rings. The van der Waals surface area contributed by atoms with Crippen molar-refractivity contribution in [1.82, 2.24) is 14.5 Å². The van der Waals surface area contributed by atoms with Gasteiger partial charge in [0.1, 0.15) is 5.52 Å². The Kier molecular flexibility index (Phi) is 5.93. The molecule has 1 amide bonds. The van der Waals surface area contributed by atoms with Gasteiger partial charge in [0, 0.05) is 17.9 Å². The summed E-state index contributed by atoms with van der Waals surface area (Å²) < 4.78 is 1.67. The number of aryl methyl sites for hydroxylation is 3. The number of fused-ring (bicyclic) bond motifs is 1. The lowest BCUT2D eigenvalue weighted by Crippen LogP contribution is -2.26. The van der Waals surface area contributed by atoms with Crippen molar-refractivity contribution in [1.29, 1.82) is 0 Å². The fraction of sp³-hybridized carbons (Fsp3) is 0.381. The summed E-state index contributed by atoms with van der Waals surface area (Å²) >= 11 is 1.29. The SMILES string of the molecule is Cc1cc2nc(SCC(=O)Nc3c(C)cccc3C)n(CC(C)C)c(=O)c2[nH]1. The van der Waals surface area contributed by atoms with E-state index in [-0.39, 0.29) is 23.1 Å². The zero-order valence-corrected chi connectivity index (χ0v) is 17.7. The van der Waals surface area contributed by atoms with Gasteiger partial charge in [0.15, 0.2) is 5.16 Å². The molecule has 0 saturated carbocycles. The first-order chi connectivity index (χ1) is 13.3. The normalized spacial score (nSPS) is 11.4. The largest absolute Gasteiger partial charge is 0.353 e. The molecule has 0 aliphatic carbocycles. The third-order valence-corrected chi connectivity index (χ3v) is 5.44. The zero-order valence-electron chi connectivity index (χ0n) is 16.9. The van der Waals surface area contributed by atoms with Crippen LogP contribution >= 0.6 is 11.8 Å². The first-order valence-corrected chi connectivity index (χ1v) is 10.3. The van der Waals surface area contributed by atoms with Crippen LogP contribution in [0.4, 0.5) is 5.69 Å². The van der Waals surface area contributed by atoms with Crippen molar-refractivity contribution < 1.29 is 4.79 Å². The van der Waals surface area contributed by atoms with Gasteiger partial charge >= 0.3 is 0 Å². The number of rotatable bonds is 6. The van der Waals surface area contributed by atoms with Crippen molar-refractivity contribution in [3.63, 3.8) is 0 Å². The average Bonchev–Trinajstić information content (AvgIpc) is 2.99. The predicted molar refractivity (Wildman–Crippen MR) is 115 cm³/mol. The molecule has 0 saturated heterocycles. The molecular weight excluding hydrogens is 372 g/mol. The Labute approximate surface area is 168 Å². The molecule has 7 heteroatoms. The molecular formula is C21H26N4O2S. The number of benzene rings is 1. The quantitative estimate of drug-likeness (QED) is 0.485. The minimum absolute atomic E-state index is 0.0931. The van der Waals surface area contributed by atoms with E-state index < -0.39 is 0 Å². The highest BCUT2D eigenvalue weighted by molar-refractivity contribution is 7.99. The van der Waals surface area contributed by atoms with Gasteiger partial charge in [-0.05, 0) is 43.9 Å². The standard InChI is InChI=1S/C21H26N4O2S/c1-12(2)10-25-20(27)19-16(9-15(5)22-19)23-21(25)28-11-17(26)24-18-13(3)7-6-8-14(18)4/h6-9,12,22H,10-11H2,1-5H3,(H,24,26). The Bertz CT molecular complexity index is 1060. The lowest BCUT2D eigenvalue weighted by Gasteiger charge is -2.14. The molecule has 3 rings (SSSR count). The number of amides is 1. The molecule has 3 aromatic rings. The Morgan fingerprint density at radius 3 is 2.57 bits per heavy atom. The third-order valence-electron chi connectivity index (χ3n) is 4.46. The fourth-order valence-corrected chi connectivity index (χ4v) is 3.97. The van der Waals surface area contributed by atoms with Gasteiger partial charge in [-0.1, -0.05) is 43.8 Å². The van der Waals surface area contributed by atoms with Crippen molar-refractivity contribution in [2.45, 2.75) is 46.3 Å². The lowest BCUT2D eigenvalue weighted by molar-refractivity contribution is -0.113. The van der Waals surface area contributed by atoms with E-state index in [1.165, 1.54) is 11.8 Å². The number of hydrogen-bond donors (Lipinski definition) is 2. The molecule has 0 aliphatic heterocycles. The van der Waals surface area contributed by atoms with E-state index in [4.69, 9.17) is 0 Å². The first kappa shape index (κ1) is 20.2. The van der Waals surface area contributed by atoms with Gasteiger partial charge < -0.3 is 10.3 Å². The molecule has 2 heterocycles. The Morgan fingerprint density at radius 1 is 1.25 bits per heavy atom. The van der Waals surface area contributed by atoms with E-state index in [0.29, 0.717) is 22.7 Å². The number of aromatic amines is 1. The van der Waals surface area contributed by atoms with Crippen molar-refractivity contribution in [3.05, 3.63) is 51.4 Å².